The van der Waals surface area contributed by atoms with E-state index in [0.29, 0.717) is 5.92 Å². The summed E-state index contributed by atoms with van der Waals surface area (Å²) < 4.78 is 0. The number of nitrogens with zero attached hydrogens (tertiary/aromatic N) is 1. The average Bonchev–Trinajstić information content (AvgIpc) is 2.18. The molecular formula is C11H22N2. The molecular weight excluding hydrogens is 160 g/mol. The van der Waals surface area contributed by atoms with Crippen LogP contribution in [0.25, 0.3) is 0 Å². The van der Waals surface area contributed by atoms with Gasteiger partial charge in [-0.3, -0.25) is 4.99 Å². The van der Waals surface area contributed by atoms with Crippen LogP contribution in [0.2, 0.25) is 0 Å². The highest BCUT2D eigenvalue weighted by Crippen LogP contribution is 2.30. The van der Waals surface area contributed by atoms with Gasteiger partial charge in [-0.25, -0.2) is 0 Å². The summed E-state index contributed by atoms with van der Waals surface area (Å²) in [5, 5.41) is 0. The van der Waals surface area contributed by atoms with E-state index in [-0.39, 0.29) is 0 Å². The van der Waals surface area contributed by atoms with Crippen LogP contribution in [-0.2, 0) is 0 Å². The second kappa shape index (κ2) is 5.25. The molecule has 0 radical (unpaired) electrons. The standard InChI is InChI=1S/C11H22N2/c1-3-9-5-7-10(8-6-9)11(12)13-4-2/h9-10H,3-8H2,1-2H3,(H2,12,13). The zero-order valence-corrected chi connectivity index (χ0v) is 8.92. The molecule has 76 valence electrons. The van der Waals surface area contributed by atoms with E-state index in [9.17, 15) is 0 Å². The number of amidine groups is 1. The second-order valence-electron chi connectivity index (χ2n) is 4.03. The van der Waals surface area contributed by atoms with Crippen molar-refractivity contribution in [3.05, 3.63) is 0 Å². The molecule has 0 amide bonds. The van der Waals surface area contributed by atoms with E-state index < -0.39 is 0 Å². The average molecular weight is 182 g/mol. The monoisotopic (exact) mass is 182 g/mol. The minimum Gasteiger partial charge on any atom is -0.387 e. The fourth-order valence-corrected chi connectivity index (χ4v) is 2.18. The van der Waals surface area contributed by atoms with Crippen LogP contribution in [0.5, 0.6) is 0 Å². The molecule has 1 rings (SSSR count). The molecule has 0 unspecified atom stereocenters. The van der Waals surface area contributed by atoms with Crippen molar-refractivity contribution in [3.63, 3.8) is 0 Å². The molecule has 0 heterocycles. The summed E-state index contributed by atoms with van der Waals surface area (Å²) in [4.78, 5) is 4.29. The summed E-state index contributed by atoms with van der Waals surface area (Å²) in [5.41, 5.74) is 5.90. The predicted molar refractivity (Wildman–Crippen MR) is 57.9 cm³/mol. The van der Waals surface area contributed by atoms with Gasteiger partial charge in [0.05, 0.1) is 5.84 Å². The molecule has 1 saturated carbocycles. The van der Waals surface area contributed by atoms with Crippen molar-refractivity contribution in [3.8, 4) is 0 Å². The fraction of sp³-hybridized carbons (Fsp3) is 0.909. The SMILES string of the molecule is CCN=C(N)C1CCC(CC)CC1. The van der Waals surface area contributed by atoms with Crippen LogP contribution in [0.3, 0.4) is 0 Å². The molecule has 2 heteroatoms. The number of hydrogen-bond donors (Lipinski definition) is 1. The van der Waals surface area contributed by atoms with Crippen LogP contribution in [-0.4, -0.2) is 12.4 Å². The molecule has 1 aliphatic carbocycles. The smallest absolute Gasteiger partial charge is 0.0968 e. The Bertz CT molecular complexity index is 167. The third-order valence-corrected chi connectivity index (χ3v) is 3.18. The largest absolute Gasteiger partial charge is 0.387 e. The van der Waals surface area contributed by atoms with E-state index in [4.69, 9.17) is 5.73 Å². The van der Waals surface area contributed by atoms with Gasteiger partial charge in [0.15, 0.2) is 0 Å². The first-order valence-electron chi connectivity index (χ1n) is 5.57. The van der Waals surface area contributed by atoms with Gasteiger partial charge >= 0.3 is 0 Å². The summed E-state index contributed by atoms with van der Waals surface area (Å²) in [6.45, 7) is 5.17. The van der Waals surface area contributed by atoms with Crippen LogP contribution in [0.15, 0.2) is 4.99 Å². The van der Waals surface area contributed by atoms with E-state index in [1.165, 1.54) is 32.1 Å². The summed E-state index contributed by atoms with van der Waals surface area (Å²) >= 11 is 0. The van der Waals surface area contributed by atoms with Gasteiger partial charge in [0.1, 0.15) is 0 Å². The van der Waals surface area contributed by atoms with Crippen molar-refractivity contribution < 1.29 is 0 Å². The third kappa shape index (κ3) is 3.02. The summed E-state index contributed by atoms with van der Waals surface area (Å²) in [7, 11) is 0. The second-order valence-corrected chi connectivity index (χ2v) is 4.03. The Morgan fingerprint density at radius 3 is 2.31 bits per heavy atom. The Morgan fingerprint density at radius 2 is 1.85 bits per heavy atom. The van der Waals surface area contributed by atoms with Gasteiger partial charge in [-0.05, 0) is 38.5 Å². The Hall–Kier alpha value is -0.530. The van der Waals surface area contributed by atoms with Crippen molar-refractivity contribution >= 4 is 5.84 Å². The number of hydrogen-bond acceptors (Lipinski definition) is 1. The molecule has 0 aliphatic heterocycles. The normalized spacial score (nSPS) is 30.5. The maximum absolute atomic E-state index is 5.90. The lowest BCUT2D eigenvalue weighted by Crippen LogP contribution is -2.28. The lowest BCUT2D eigenvalue weighted by molar-refractivity contribution is 0.314. The van der Waals surface area contributed by atoms with Crippen molar-refractivity contribution in [2.24, 2.45) is 22.6 Å². The molecule has 0 saturated heterocycles. The van der Waals surface area contributed by atoms with Crippen molar-refractivity contribution in [1.82, 2.24) is 0 Å². The molecule has 1 fully saturated rings. The van der Waals surface area contributed by atoms with E-state index >= 15 is 0 Å². The van der Waals surface area contributed by atoms with Gasteiger partial charge in [0.2, 0.25) is 0 Å². The molecule has 2 nitrogen and oxygen atoms in total. The molecule has 0 bridgehead atoms. The van der Waals surface area contributed by atoms with Crippen molar-refractivity contribution in [2.45, 2.75) is 46.0 Å². The molecule has 13 heavy (non-hydrogen) atoms. The van der Waals surface area contributed by atoms with E-state index in [0.717, 1.165) is 18.3 Å². The zero-order valence-electron chi connectivity index (χ0n) is 8.92. The van der Waals surface area contributed by atoms with Gasteiger partial charge in [-0.15, -0.1) is 0 Å². The van der Waals surface area contributed by atoms with Crippen LogP contribution in [0.1, 0.15) is 46.0 Å². The Kier molecular flexibility index (Phi) is 4.26. The van der Waals surface area contributed by atoms with E-state index in [1.807, 2.05) is 6.92 Å². The predicted octanol–water partition coefficient (Wildman–Crippen LogP) is 2.58. The molecule has 0 atom stereocenters. The van der Waals surface area contributed by atoms with Crippen molar-refractivity contribution in [1.29, 1.82) is 0 Å². The molecule has 2 N–H and O–H groups in total. The lowest BCUT2D eigenvalue weighted by Gasteiger charge is -2.27. The van der Waals surface area contributed by atoms with Gasteiger partial charge in [0.25, 0.3) is 0 Å². The van der Waals surface area contributed by atoms with Gasteiger partial charge in [-0.2, -0.15) is 0 Å². The van der Waals surface area contributed by atoms with Crippen LogP contribution in [0, 0.1) is 11.8 Å². The van der Waals surface area contributed by atoms with Crippen LogP contribution >= 0.6 is 0 Å². The summed E-state index contributed by atoms with van der Waals surface area (Å²) in [6.07, 6.45) is 6.54. The minimum atomic E-state index is 0.586. The first kappa shape index (κ1) is 10.6. The van der Waals surface area contributed by atoms with Crippen LogP contribution in [0.4, 0.5) is 0 Å². The maximum Gasteiger partial charge on any atom is 0.0968 e. The van der Waals surface area contributed by atoms with Crippen molar-refractivity contribution in [2.75, 3.05) is 6.54 Å². The number of rotatable bonds is 3. The minimum absolute atomic E-state index is 0.586. The van der Waals surface area contributed by atoms with Gasteiger partial charge in [0, 0.05) is 12.5 Å². The van der Waals surface area contributed by atoms with Gasteiger partial charge in [-0.1, -0.05) is 13.3 Å². The first-order valence-corrected chi connectivity index (χ1v) is 5.57. The zero-order chi connectivity index (χ0) is 9.68. The molecule has 1 aliphatic rings. The maximum atomic E-state index is 5.90. The molecule has 0 aromatic carbocycles. The Balaban J connectivity index is 2.36. The first-order chi connectivity index (χ1) is 6.27. The summed E-state index contributed by atoms with van der Waals surface area (Å²) in [6, 6.07) is 0. The van der Waals surface area contributed by atoms with Gasteiger partial charge < -0.3 is 5.73 Å². The topological polar surface area (TPSA) is 38.4 Å². The van der Waals surface area contributed by atoms with Crippen LogP contribution < -0.4 is 5.73 Å². The molecule has 0 aromatic heterocycles. The third-order valence-electron chi connectivity index (χ3n) is 3.18. The van der Waals surface area contributed by atoms with E-state index in [2.05, 4.69) is 11.9 Å². The number of aliphatic imine (C=N–C) groups is 1. The number of nitrogens with two attached hydrogens (primary N) is 1. The Labute approximate surface area is 81.6 Å². The fourth-order valence-electron chi connectivity index (χ4n) is 2.18. The highest BCUT2D eigenvalue weighted by molar-refractivity contribution is 5.82. The Morgan fingerprint density at radius 1 is 1.23 bits per heavy atom. The van der Waals surface area contributed by atoms with E-state index in [1.54, 1.807) is 0 Å². The quantitative estimate of drug-likeness (QED) is 0.529. The summed E-state index contributed by atoms with van der Waals surface area (Å²) in [5.74, 6) is 2.44. The molecule has 0 aromatic rings. The highest BCUT2D eigenvalue weighted by Gasteiger charge is 2.21. The lowest BCUT2D eigenvalue weighted by atomic mass is 9.80. The highest BCUT2D eigenvalue weighted by atomic mass is 14.9. The molecule has 0 spiro atoms.